The van der Waals surface area contributed by atoms with Crippen LogP contribution in [0.25, 0.3) is 0 Å². The number of nitrogens with one attached hydrogen (secondary N) is 1. The SMILES string of the molecule is CC1CNCCN(CC2CCCN(C(C)C)C2)C1. The van der Waals surface area contributed by atoms with Gasteiger partial charge in [-0.05, 0) is 51.6 Å². The highest BCUT2D eigenvalue weighted by Crippen LogP contribution is 2.20. The van der Waals surface area contributed by atoms with Crippen LogP contribution in [0.3, 0.4) is 0 Å². The summed E-state index contributed by atoms with van der Waals surface area (Å²) in [5.41, 5.74) is 0. The molecule has 0 bridgehead atoms. The van der Waals surface area contributed by atoms with Gasteiger partial charge in [-0.2, -0.15) is 0 Å². The highest BCUT2D eigenvalue weighted by atomic mass is 15.2. The fraction of sp³-hybridized carbons (Fsp3) is 1.00. The molecule has 0 aromatic carbocycles. The normalized spacial score (nSPS) is 32.7. The van der Waals surface area contributed by atoms with Crippen LogP contribution in [0.4, 0.5) is 0 Å². The van der Waals surface area contributed by atoms with Gasteiger partial charge in [0.05, 0.1) is 0 Å². The van der Waals surface area contributed by atoms with Crippen molar-refractivity contribution in [3.05, 3.63) is 0 Å². The summed E-state index contributed by atoms with van der Waals surface area (Å²) in [7, 11) is 0. The van der Waals surface area contributed by atoms with Crippen LogP contribution >= 0.6 is 0 Å². The zero-order valence-corrected chi connectivity index (χ0v) is 12.5. The van der Waals surface area contributed by atoms with Crippen LogP contribution in [0.2, 0.25) is 0 Å². The van der Waals surface area contributed by atoms with Crippen molar-refractivity contribution in [3.8, 4) is 0 Å². The van der Waals surface area contributed by atoms with Crippen molar-refractivity contribution in [2.24, 2.45) is 11.8 Å². The second-order valence-corrected chi connectivity index (χ2v) is 6.67. The van der Waals surface area contributed by atoms with Crippen molar-refractivity contribution in [1.82, 2.24) is 15.1 Å². The average molecular weight is 253 g/mol. The summed E-state index contributed by atoms with van der Waals surface area (Å²) in [5.74, 6) is 1.70. The molecule has 0 amide bonds. The molecule has 106 valence electrons. The largest absolute Gasteiger partial charge is 0.315 e. The topological polar surface area (TPSA) is 18.5 Å². The van der Waals surface area contributed by atoms with Crippen molar-refractivity contribution >= 4 is 0 Å². The van der Waals surface area contributed by atoms with Crippen LogP contribution in [0, 0.1) is 11.8 Å². The van der Waals surface area contributed by atoms with E-state index in [2.05, 4.69) is 35.9 Å². The van der Waals surface area contributed by atoms with Crippen molar-refractivity contribution in [1.29, 1.82) is 0 Å². The fourth-order valence-corrected chi connectivity index (χ4v) is 3.43. The first-order chi connectivity index (χ1) is 8.65. The van der Waals surface area contributed by atoms with E-state index in [1.165, 1.54) is 58.7 Å². The van der Waals surface area contributed by atoms with Gasteiger partial charge in [0.1, 0.15) is 0 Å². The molecule has 0 saturated carbocycles. The van der Waals surface area contributed by atoms with E-state index in [-0.39, 0.29) is 0 Å². The highest BCUT2D eigenvalue weighted by Gasteiger charge is 2.24. The van der Waals surface area contributed by atoms with E-state index in [0.29, 0.717) is 0 Å². The third-order valence-corrected chi connectivity index (χ3v) is 4.46. The molecule has 0 aromatic rings. The molecule has 2 aliphatic heterocycles. The highest BCUT2D eigenvalue weighted by molar-refractivity contribution is 4.79. The molecule has 3 nitrogen and oxygen atoms in total. The Bertz CT molecular complexity index is 242. The Hall–Kier alpha value is -0.120. The number of piperidine rings is 1. The molecular formula is C15H31N3. The number of hydrogen-bond donors (Lipinski definition) is 1. The van der Waals surface area contributed by atoms with E-state index >= 15 is 0 Å². The van der Waals surface area contributed by atoms with Crippen molar-refractivity contribution in [2.45, 2.75) is 39.7 Å². The van der Waals surface area contributed by atoms with Crippen LogP contribution in [-0.4, -0.2) is 61.7 Å². The van der Waals surface area contributed by atoms with Crippen LogP contribution in [0.1, 0.15) is 33.6 Å². The van der Waals surface area contributed by atoms with E-state index in [9.17, 15) is 0 Å². The molecular weight excluding hydrogens is 222 g/mol. The fourth-order valence-electron chi connectivity index (χ4n) is 3.43. The monoisotopic (exact) mass is 253 g/mol. The van der Waals surface area contributed by atoms with Gasteiger partial charge in [-0.1, -0.05) is 6.92 Å². The van der Waals surface area contributed by atoms with Crippen molar-refractivity contribution < 1.29 is 0 Å². The number of hydrogen-bond acceptors (Lipinski definition) is 3. The van der Waals surface area contributed by atoms with E-state index in [1.807, 2.05) is 0 Å². The molecule has 2 atom stereocenters. The lowest BCUT2D eigenvalue weighted by molar-refractivity contribution is 0.109. The van der Waals surface area contributed by atoms with Crippen LogP contribution in [0.15, 0.2) is 0 Å². The zero-order valence-electron chi connectivity index (χ0n) is 12.5. The molecule has 1 N–H and O–H groups in total. The standard InChI is InChI=1S/C15H31N3/c1-13(2)18-7-4-5-15(12-18)11-17-8-6-16-9-14(3)10-17/h13-16H,4-12H2,1-3H3. The molecule has 2 aliphatic rings. The molecule has 18 heavy (non-hydrogen) atoms. The second kappa shape index (κ2) is 6.88. The van der Waals surface area contributed by atoms with E-state index in [4.69, 9.17) is 0 Å². The average Bonchev–Trinajstić information content (AvgIpc) is 2.54. The summed E-state index contributed by atoms with van der Waals surface area (Å²) in [4.78, 5) is 5.35. The number of rotatable bonds is 3. The summed E-state index contributed by atoms with van der Waals surface area (Å²) in [6, 6.07) is 0.720. The Morgan fingerprint density at radius 3 is 2.83 bits per heavy atom. The third-order valence-electron chi connectivity index (χ3n) is 4.46. The Morgan fingerprint density at radius 1 is 1.22 bits per heavy atom. The molecule has 2 unspecified atom stereocenters. The molecule has 2 heterocycles. The van der Waals surface area contributed by atoms with Crippen LogP contribution in [0.5, 0.6) is 0 Å². The van der Waals surface area contributed by atoms with Crippen molar-refractivity contribution in [2.75, 3.05) is 45.8 Å². The maximum atomic E-state index is 3.54. The van der Waals surface area contributed by atoms with E-state index < -0.39 is 0 Å². The smallest absolute Gasteiger partial charge is 0.0107 e. The summed E-state index contributed by atoms with van der Waals surface area (Å²) in [6.07, 6.45) is 2.83. The van der Waals surface area contributed by atoms with Gasteiger partial charge >= 0.3 is 0 Å². The lowest BCUT2D eigenvalue weighted by Crippen LogP contribution is -2.44. The predicted octanol–water partition coefficient (Wildman–Crippen LogP) is 1.65. The van der Waals surface area contributed by atoms with Gasteiger partial charge in [0.15, 0.2) is 0 Å². The molecule has 0 aromatic heterocycles. The second-order valence-electron chi connectivity index (χ2n) is 6.67. The van der Waals surface area contributed by atoms with E-state index in [1.54, 1.807) is 0 Å². The van der Waals surface area contributed by atoms with E-state index in [0.717, 1.165) is 17.9 Å². The Labute approximate surface area is 113 Å². The molecule has 2 fully saturated rings. The van der Waals surface area contributed by atoms with Gasteiger partial charge in [-0.15, -0.1) is 0 Å². The van der Waals surface area contributed by atoms with Gasteiger partial charge in [0, 0.05) is 38.8 Å². The third kappa shape index (κ3) is 4.22. The van der Waals surface area contributed by atoms with Gasteiger partial charge in [0.25, 0.3) is 0 Å². The quantitative estimate of drug-likeness (QED) is 0.825. The minimum absolute atomic E-state index is 0.720. The molecule has 0 aliphatic carbocycles. The first-order valence-corrected chi connectivity index (χ1v) is 7.82. The summed E-state index contributed by atoms with van der Waals surface area (Å²) in [6.45, 7) is 15.9. The molecule has 2 saturated heterocycles. The zero-order chi connectivity index (χ0) is 13.0. The molecule has 0 spiro atoms. The van der Waals surface area contributed by atoms with Crippen LogP contribution in [-0.2, 0) is 0 Å². The molecule has 3 heteroatoms. The maximum absolute atomic E-state index is 3.54. The van der Waals surface area contributed by atoms with Gasteiger partial charge in [0.2, 0.25) is 0 Å². The summed E-state index contributed by atoms with van der Waals surface area (Å²) in [5, 5.41) is 3.54. The number of likely N-dealkylation sites (tertiary alicyclic amines) is 1. The Kier molecular flexibility index (Phi) is 5.46. The Morgan fingerprint density at radius 2 is 2.06 bits per heavy atom. The predicted molar refractivity (Wildman–Crippen MR) is 77.9 cm³/mol. The maximum Gasteiger partial charge on any atom is 0.0107 e. The summed E-state index contributed by atoms with van der Waals surface area (Å²) < 4.78 is 0. The lowest BCUT2D eigenvalue weighted by atomic mass is 9.96. The summed E-state index contributed by atoms with van der Waals surface area (Å²) >= 11 is 0. The Balaban J connectivity index is 1.80. The van der Waals surface area contributed by atoms with Gasteiger partial charge < -0.3 is 15.1 Å². The molecule has 0 radical (unpaired) electrons. The minimum atomic E-state index is 0.720. The first-order valence-electron chi connectivity index (χ1n) is 7.82. The lowest BCUT2D eigenvalue weighted by Gasteiger charge is -2.37. The minimum Gasteiger partial charge on any atom is -0.315 e. The van der Waals surface area contributed by atoms with Gasteiger partial charge in [-0.25, -0.2) is 0 Å². The van der Waals surface area contributed by atoms with Gasteiger partial charge in [-0.3, -0.25) is 0 Å². The molecule has 2 rings (SSSR count). The van der Waals surface area contributed by atoms with Crippen molar-refractivity contribution in [3.63, 3.8) is 0 Å². The van der Waals surface area contributed by atoms with Crippen LogP contribution < -0.4 is 5.32 Å². The first kappa shape index (κ1) is 14.3. The number of nitrogens with zero attached hydrogens (tertiary/aromatic N) is 2.